The summed E-state index contributed by atoms with van der Waals surface area (Å²) in [6.45, 7) is 5.93. The molecule has 7 nitrogen and oxygen atoms in total. The number of aromatic nitrogens is 2. The van der Waals surface area contributed by atoms with Crippen molar-refractivity contribution in [1.82, 2.24) is 19.8 Å². The Morgan fingerprint density at radius 3 is 2.63 bits per heavy atom. The minimum Gasteiger partial charge on any atom is -0.467 e. The van der Waals surface area contributed by atoms with Crippen LogP contribution in [0.5, 0.6) is 0 Å². The van der Waals surface area contributed by atoms with Gasteiger partial charge >= 0.3 is 0 Å². The fourth-order valence-electron chi connectivity index (χ4n) is 2.86. The molecule has 0 fully saturated rings. The highest BCUT2D eigenvalue weighted by molar-refractivity contribution is 7.03. The van der Waals surface area contributed by atoms with Gasteiger partial charge in [0.25, 0.3) is 11.8 Å². The first kappa shape index (κ1) is 22.0. The van der Waals surface area contributed by atoms with E-state index in [4.69, 9.17) is 16.0 Å². The molecule has 158 valence electrons. The van der Waals surface area contributed by atoms with Gasteiger partial charge in [-0.25, -0.2) is 0 Å². The summed E-state index contributed by atoms with van der Waals surface area (Å²) in [6.07, 6.45) is 2.20. The van der Waals surface area contributed by atoms with Crippen molar-refractivity contribution < 1.29 is 14.0 Å². The number of hydrogen-bond acceptors (Lipinski definition) is 6. The summed E-state index contributed by atoms with van der Waals surface area (Å²) in [5.41, 5.74) is 0.407. The second-order valence-corrected chi connectivity index (χ2v) is 8.48. The molecule has 0 aliphatic heterocycles. The van der Waals surface area contributed by atoms with Gasteiger partial charge in [-0.1, -0.05) is 41.2 Å². The molecule has 0 saturated heterocycles. The Balaban J connectivity index is 2.05. The van der Waals surface area contributed by atoms with E-state index in [1.54, 1.807) is 23.6 Å². The second-order valence-electron chi connectivity index (χ2n) is 7.46. The number of rotatable bonds is 8. The predicted molar refractivity (Wildman–Crippen MR) is 115 cm³/mol. The minimum absolute atomic E-state index is 0.0986. The average molecular weight is 447 g/mol. The summed E-state index contributed by atoms with van der Waals surface area (Å²) in [6, 6.07) is 9.55. The van der Waals surface area contributed by atoms with Crippen LogP contribution in [0.2, 0.25) is 5.02 Å². The molecule has 0 aliphatic rings. The molecule has 0 bridgehead atoms. The fourth-order valence-corrected chi connectivity index (χ4v) is 3.48. The molecule has 2 amide bonds. The molecule has 3 aromatic rings. The Morgan fingerprint density at radius 1 is 1.27 bits per heavy atom. The molecular formula is C21H23ClN4O3S. The lowest BCUT2D eigenvalue weighted by Gasteiger charge is -2.33. The van der Waals surface area contributed by atoms with Gasteiger partial charge in [0.05, 0.1) is 6.26 Å². The van der Waals surface area contributed by atoms with Crippen LogP contribution < -0.4 is 5.32 Å². The molecule has 0 unspecified atom stereocenters. The lowest BCUT2D eigenvalue weighted by atomic mass is 10.0. The summed E-state index contributed by atoms with van der Waals surface area (Å²) < 4.78 is 9.34. The maximum absolute atomic E-state index is 13.4. The van der Waals surface area contributed by atoms with Gasteiger partial charge in [-0.15, -0.1) is 5.10 Å². The summed E-state index contributed by atoms with van der Waals surface area (Å²) >= 11 is 7.42. The monoisotopic (exact) mass is 446 g/mol. The SMILES string of the molecule is CCC(C)(C)NC(=O)[C@H](c1ccco1)N(Cc1ccccc1Cl)C(=O)c1csnn1. The summed E-state index contributed by atoms with van der Waals surface area (Å²) in [7, 11) is 0. The Hall–Kier alpha value is -2.71. The molecule has 1 atom stereocenters. The number of carbonyl (C=O) groups excluding carboxylic acids is 2. The van der Waals surface area contributed by atoms with Crippen molar-refractivity contribution in [2.24, 2.45) is 0 Å². The molecule has 2 heterocycles. The number of amides is 2. The number of benzene rings is 1. The van der Waals surface area contributed by atoms with Gasteiger partial charge in [0.2, 0.25) is 0 Å². The van der Waals surface area contributed by atoms with Gasteiger partial charge in [-0.2, -0.15) is 0 Å². The van der Waals surface area contributed by atoms with Crippen molar-refractivity contribution in [1.29, 1.82) is 0 Å². The van der Waals surface area contributed by atoms with E-state index in [9.17, 15) is 9.59 Å². The molecule has 0 saturated carbocycles. The molecule has 1 N–H and O–H groups in total. The van der Waals surface area contributed by atoms with Gasteiger partial charge in [0.15, 0.2) is 11.7 Å². The Morgan fingerprint density at radius 2 is 2.03 bits per heavy atom. The van der Waals surface area contributed by atoms with Crippen molar-refractivity contribution in [3.8, 4) is 0 Å². The first-order chi connectivity index (χ1) is 14.3. The van der Waals surface area contributed by atoms with Crippen LogP contribution in [-0.4, -0.2) is 31.8 Å². The van der Waals surface area contributed by atoms with Gasteiger partial charge in [0.1, 0.15) is 5.76 Å². The normalized spacial score (nSPS) is 12.4. The van der Waals surface area contributed by atoms with Gasteiger partial charge in [-0.3, -0.25) is 9.59 Å². The topological polar surface area (TPSA) is 88.3 Å². The van der Waals surface area contributed by atoms with Crippen LogP contribution >= 0.6 is 23.1 Å². The number of halogens is 1. The fraction of sp³-hybridized carbons (Fsp3) is 0.333. The van der Waals surface area contributed by atoms with Crippen LogP contribution in [0.25, 0.3) is 0 Å². The van der Waals surface area contributed by atoms with Crippen LogP contribution in [-0.2, 0) is 11.3 Å². The van der Waals surface area contributed by atoms with E-state index in [2.05, 4.69) is 14.9 Å². The lowest BCUT2D eigenvalue weighted by molar-refractivity contribution is -0.128. The van der Waals surface area contributed by atoms with Gasteiger partial charge < -0.3 is 14.6 Å². The van der Waals surface area contributed by atoms with Crippen molar-refractivity contribution >= 4 is 34.9 Å². The highest BCUT2D eigenvalue weighted by Crippen LogP contribution is 2.29. The largest absolute Gasteiger partial charge is 0.467 e. The number of furan rings is 1. The van der Waals surface area contributed by atoms with E-state index in [1.807, 2.05) is 39.0 Å². The van der Waals surface area contributed by atoms with E-state index in [0.29, 0.717) is 16.3 Å². The average Bonchev–Trinajstić information content (AvgIpc) is 3.42. The number of hydrogen-bond donors (Lipinski definition) is 1. The standard InChI is InChI=1S/C21H23ClN4O3S/c1-4-21(2,3)23-19(27)18(17-10-7-11-29-17)26(20(28)16-13-30-25-24-16)12-14-8-5-6-9-15(14)22/h5-11,13,18H,4,12H2,1-3H3,(H,23,27)/t18-/m0/s1. The second kappa shape index (κ2) is 9.40. The number of carbonyl (C=O) groups is 2. The van der Waals surface area contributed by atoms with Crippen LogP contribution in [0.3, 0.4) is 0 Å². The first-order valence-corrected chi connectivity index (χ1v) is 10.7. The van der Waals surface area contributed by atoms with E-state index >= 15 is 0 Å². The van der Waals surface area contributed by atoms with Crippen molar-refractivity contribution in [3.05, 3.63) is 70.1 Å². The van der Waals surface area contributed by atoms with Crippen LogP contribution in [0.4, 0.5) is 0 Å². The number of nitrogens with one attached hydrogen (secondary N) is 1. The third-order valence-corrected chi connectivity index (χ3v) is 5.73. The zero-order valence-corrected chi connectivity index (χ0v) is 18.5. The van der Waals surface area contributed by atoms with Crippen molar-refractivity contribution in [2.45, 2.75) is 45.3 Å². The van der Waals surface area contributed by atoms with Crippen LogP contribution in [0.15, 0.2) is 52.5 Å². The third-order valence-electron chi connectivity index (χ3n) is 4.86. The lowest BCUT2D eigenvalue weighted by Crippen LogP contribution is -2.50. The third kappa shape index (κ3) is 5.06. The predicted octanol–water partition coefficient (Wildman–Crippen LogP) is 4.47. The molecule has 0 spiro atoms. The number of nitrogens with zero attached hydrogens (tertiary/aromatic N) is 3. The van der Waals surface area contributed by atoms with E-state index in [-0.39, 0.29) is 18.1 Å². The van der Waals surface area contributed by atoms with E-state index < -0.39 is 17.5 Å². The molecule has 0 radical (unpaired) electrons. The Labute approximate surface area is 184 Å². The summed E-state index contributed by atoms with van der Waals surface area (Å²) in [4.78, 5) is 28.2. The quantitative estimate of drug-likeness (QED) is 0.551. The van der Waals surface area contributed by atoms with Crippen molar-refractivity contribution in [2.75, 3.05) is 0 Å². The maximum atomic E-state index is 13.4. The summed E-state index contributed by atoms with van der Waals surface area (Å²) in [5, 5.41) is 8.96. The van der Waals surface area contributed by atoms with E-state index in [1.165, 1.54) is 11.2 Å². The van der Waals surface area contributed by atoms with E-state index in [0.717, 1.165) is 18.0 Å². The molecular weight excluding hydrogens is 424 g/mol. The van der Waals surface area contributed by atoms with Crippen molar-refractivity contribution in [3.63, 3.8) is 0 Å². The highest BCUT2D eigenvalue weighted by Gasteiger charge is 2.37. The molecule has 0 aliphatic carbocycles. The Kier molecular flexibility index (Phi) is 6.89. The maximum Gasteiger partial charge on any atom is 0.276 e. The molecule has 9 heteroatoms. The zero-order chi connectivity index (χ0) is 21.7. The first-order valence-electron chi connectivity index (χ1n) is 9.49. The summed E-state index contributed by atoms with van der Waals surface area (Å²) in [5.74, 6) is -0.432. The molecule has 3 rings (SSSR count). The smallest absolute Gasteiger partial charge is 0.276 e. The molecule has 2 aromatic heterocycles. The van der Waals surface area contributed by atoms with Crippen LogP contribution in [0, 0.1) is 0 Å². The zero-order valence-electron chi connectivity index (χ0n) is 17.0. The Bertz CT molecular complexity index is 990. The van der Waals surface area contributed by atoms with Gasteiger partial charge in [-0.05, 0) is 55.6 Å². The molecule has 1 aromatic carbocycles. The minimum atomic E-state index is -1.00. The molecule has 30 heavy (non-hydrogen) atoms. The highest BCUT2D eigenvalue weighted by atomic mass is 35.5. The van der Waals surface area contributed by atoms with Crippen LogP contribution in [0.1, 0.15) is 55.0 Å². The van der Waals surface area contributed by atoms with Gasteiger partial charge in [0, 0.05) is 22.5 Å².